The lowest BCUT2D eigenvalue weighted by atomic mass is 10.1. The lowest BCUT2D eigenvalue weighted by Gasteiger charge is -2.15. The van der Waals surface area contributed by atoms with E-state index in [0.717, 1.165) is 16.8 Å². The van der Waals surface area contributed by atoms with E-state index in [2.05, 4.69) is 21.2 Å². The molecule has 0 saturated carbocycles. The summed E-state index contributed by atoms with van der Waals surface area (Å²) in [5, 5.41) is 22.0. The molecule has 0 amide bonds. The molecule has 1 aromatic rings. The molecule has 0 aromatic heterocycles. The molecule has 2 rings (SSSR count). The van der Waals surface area contributed by atoms with E-state index in [9.17, 15) is 9.90 Å². The Balaban J connectivity index is 2.49. The van der Waals surface area contributed by atoms with Crippen LogP contribution in [0.1, 0.15) is 21.3 Å². The predicted octanol–water partition coefficient (Wildman–Crippen LogP) is 2.19. The Labute approximate surface area is 105 Å². The van der Waals surface area contributed by atoms with Crippen LogP contribution in [-0.2, 0) is 0 Å². The van der Waals surface area contributed by atoms with Gasteiger partial charge in [0.15, 0.2) is 0 Å². The lowest BCUT2D eigenvalue weighted by molar-refractivity contribution is 0.0693. The minimum atomic E-state index is -1.12. The molecule has 3 N–H and O–H groups in total. The van der Waals surface area contributed by atoms with Crippen LogP contribution in [0, 0.1) is 0 Å². The Hall–Kier alpha value is -0.720. The molecule has 86 valence electrons. The molecule has 4 nitrogen and oxygen atoms in total. The van der Waals surface area contributed by atoms with Gasteiger partial charge in [0.2, 0.25) is 0 Å². The van der Waals surface area contributed by atoms with Crippen molar-refractivity contribution < 1.29 is 15.0 Å². The Morgan fingerprint density at radius 2 is 2.31 bits per heavy atom. The topological polar surface area (TPSA) is 69.6 Å². The summed E-state index contributed by atoms with van der Waals surface area (Å²) in [6, 6.07) is 3.05. The first-order valence-electron chi connectivity index (χ1n) is 4.71. The Morgan fingerprint density at radius 1 is 1.56 bits per heavy atom. The number of rotatable bonds is 2. The van der Waals surface area contributed by atoms with Crippen molar-refractivity contribution in [3.63, 3.8) is 0 Å². The minimum Gasteiger partial charge on any atom is -0.507 e. The lowest BCUT2D eigenvalue weighted by Crippen LogP contribution is -2.13. The van der Waals surface area contributed by atoms with Gasteiger partial charge in [0.25, 0.3) is 0 Å². The highest BCUT2D eigenvalue weighted by molar-refractivity contribution is 9.10. The summed E-state index contributed by atoms with van der Waals surface area (Å²) in [5.74, 6) is -0.323. The molecular weight excluding hydrogens is 294 g/mol. The highest BCUT2D eigenvalue weighted by Gasteiger charge is 2.25. The first-order chi connectivity index (χ1) is 7.61. The number of halogens is 1. The first kappa shape index (κ1) is 11.8. The zero-order valence-corrected chi connectivity index (χ0v) is 10.6. The molecule has 1 aromatic carbocycles. The maximum absolute atomic E-state index is 10.9. The number of carboxylic acids is 1. The fourth-order valence-corrected chi connectivity index (χ4v) is 3.43. The molecule has 1 heterocycles. The molecule has 16 heavy (non-hydrogen) atoms. The van der Waals surface area contributed by atoms with Gasteiger partial charge in [-0.25, -0.2) is 4.79 Å². The Kier molecular flexibility index (Phi) is 3.41. The highest BCUT2D eigenvalue weighted by atomic mass is 79.9. The number of phenols is 1. The van der Waals surface area contributed by atoms with Crippen molar-refractivity contribution in [3.05, 3.63) is 27.7 Å². The second-order valence-corrected chi connectivity index (χ2v) is 5.43. The smallest absolute Gasteiger partial charge is 0.339 e. The van der Waals surface area contributed by atoms with Crippen molar-refractivity contribution in [2.45, 2.75) is 5.37 Å². The standard InChI is InChI=1S/C10H10BrNO3S/c11-6-2-1-5(10(14)15)8(13)7(6)9-12-3-4-16-9/h1-2,9,12-13H,3-4H2,(H,14,15). The predicted molar refractivity (Wildman–Crippen MR) is 66.0 cm³/mol. The Morgan fingerprint density at radius 3 is 2.88 bits per heavy atom. The van der Waals surface area contributed by atoms with E-state index in [1.165, 1.54) is 6.07 Å². The van der Waals surface area contributed by atoms with E-state index >= 15 is 0 Å². The van der Waals surface area contributed by atoms with Crippen LogP contribution in [0.2, 0.25) is 0 Å². The highest BCUT2D eigenvalue weighted by Crippen LogP contribution is 2.41. The van der Waals surface area contributed by atoms with Gasteiger partial charge in [-0.3, -0.25) is 0 Å². The van der Waals surface area contributed by atoms with Crippen molar-refractivity contribution in [1.29, 1.82) is 0 Å². The maximum atomic E-state index is 10.9. The van der Waals surface area contributed by atoms with Crippen LogP contribution < -0.4 is 5.32 Å². The molecule has 1 aliphatic rings. The molecule has 1 unspecified atom stereocenters. The molecule has 0 bridgehead atoms. The zero-order valence-electron chi connectivity index (χ0n) is 8.24. The Bertz CT molecular complexity index is 432. The second kappa shape index (κ2) is 4.65. The van der Waals surface area contributed by atoms with Gasteiger partial charge in [-0.15, -0.1) is 11.8 Å². The van der Waals surface area contributed by atoms with E-state index in [1.54, 1.807) is 17.8 Å². The van der Waals surface area contributed by atoms with Crippen LogP contribution in [0.25, 0.3) is 0 Å². The van der Waals surface area contributed by atoms with Gasteiger partial charge in [-0.05, 0) is 12.1 Å². The van der Waals surface area contributed by atoms with Gasteiger partial charge >= 0.3 is 5.97 Å². The molecular formula is C10H10BrNO3S. The zero-order chi connectivity index (χ0) is 11.7. The normalized spacial score (nSPS) is 19.9. The molecule has 6 heteroatoms. The molecule has 1 saturated heterocycles. The van der Waals surface area contributed by atoms with Crippen LogP contribution in [0.3, 0.4) is 0 Å². The quantitative estimate of drug-likeness (QED) is 0.781. The monoisotopic (exact) mass is 303 g/mol. The number of benzene rings is 1. The van der Waals surface area contributed by atoms with E-state index in [1.807, 2.05) is 0 Å². The molecule has 1 fully saturated rings. The van der Waals surface area contributed by atoms with Crippen molar-refractivity contribution in [2.75, 3.05) is 12.3 Å². The van der Waals surface area contributed by atoms with E-state index in [4.69, 9.17) is 5.11 Å². The van der Waals surface area contributed by atoms with Crippen molar-refractivity contribution in [2.24, 2.45) is 0 Å². The van der Waals surface area contributed by atoms with Gasteiger partial charge in [0.05, 0.1) is 5.37 Å². The van der Waals surface area contributed by atoms with Crippen molar-refractivity contribution in [3.8, 4) is 5.75 Å². The fraction of sp³-hybridized carbons (Fsp3) is 0.300. The molecule has 0 spiro atoms. The maximum Gasteiger partial charge on any atom is 0.339 e. The molecule has 1 atom stereocenters. The van der Waals surface area contributed by atoms with Gasteiger partial charge in [0.1, 0.15) is 11.3 Å². The first-order valence-corrected chi connectivity index (χ1v) is 6.55. The van der Waals surface area contributed by atoms with E-state index in [-0.39, 0.29) is 16.7 Å². The van der Waals surface area contributed by atoms with Crippen LogP contribution in [0.4, 0.5) is 0 Å². The summed E-state index contributed by atoms with van der Waals surface area (Å²) in [5.41, 5.74) is 0.551. The number of hydrogen-bond acceptors (Lipinski definition) is 4. The minimum absolute atomic E-state index is 0.0475. The number of aromatic carboxylic acids is 1. The number of hydrogen-bond donors (Lipinski definition) is 3. The number of thioether (sulfide) groups is 1. The van der Waals surface area contributed by atoms with Crippen LogP contribution in [0.5, 0.6) is 5.75 Å². The van der Waals surface area contributed by atoms with Gasteiger partial charge in [-0.1, -0.05) is 15.9 Å². The van der Waals surface area contributed by atoms with Crippen LogP contribution >= 0.6 is 27.7 Å². The summed E-state index contributed by atoms with van der Waals surface area (Å²) in [4.78, 5) is 10.9. The third-order valence-corrected chi connectivity index (χ3v) is 4.24. The third-order valence-electron chi connectivity index (χ3n) is 2.37. The number of aromatic hydroxyl groups is 1. The van der Waals surface area contributed by atoms with E-state index in [0.29, 0.717) is 5.56 Å². The SMILES string of the molecule is O=C(O)c1ccc(Br)c(C2NCCS2)c1O. The summed E-state index contributed by atoms with van der Waals surface area (Å²) in [6.45, 7) is 0.860. The van der Waals surface area contributed by atoms with Gasteiger partial charge in [-0.2, -0.15) is 0 Å². The van der Waals surface area contributed by atoms with Crippen LogP contribution in [-0.4, -0.2) is 28.5 Å². The fourth-order valence-electron chi connectivity index (χ4n) is 1.62. The summed E-state index contributed by atoms with van der Waals surface area (Å²) in [6.07, 6.45) is 0. The van der Waals surface area contributed by atoms with Gasteiger partial charge < -0.3 is 15.5 Å². The average Bonchev–Trinajstić information content (AvgIpc) is 2.70. The molecule has 1 aliphatic heterocycles. The van der Waals surface area contributed by atoms with E-state index < -0.39 is 5.97 Å². The van der Waals surface area contributed by atoms with Crippen molar-refractivity contribution in [1.82, 2.24) is 5.32 Å². The van der Waals surface area contributed by atoms with Crippen molar-refractivity contribution >= 4 is 33.7 Å². The average molecular weight is 304 g/mol. The number of carboxylic acid groups (broad SMARTS) is 1. The number of nitrogens with one attached hydrogen (secondary N) is 1. The molecule has 0 aliphatic carbocycles. The summed E-state index contributed by atoms with van der Waals surface area (Å²) >= 11 is 4.98. The van der Waals surface area contributed by atoms with Gasteiger partial charge in [0, 0.05) is 22.3 Å². The third kappa shape index (κ3) is 2.05. The number of carbonyl (C=O) groups is 1. The van der Waals surface area contributed by atoms with Crippen LogP contribution in [0.15, 0.2) is 16.6 Å². The summed E-state index contributed by atoms with van der Waals surface area (Å²) < 4.78 is 0.724. The second-order valence-electron chi connectivity index (χ2n) is 3.37. The summed E-state index contributed by atoms with van der Waals surface area (Å²) in [7, 11) is 0. The molecule has 0 radical (unpaired) electrons. The largest absolute Gasteiger partial charge is 0.507 e.